The van der Waals surface area contributed by atoms with Gasteiger partial charge < -0.3 is 9.47 Å². The third-order valence-corrected chi connectivity index (χ3v) is 6.80. The fourth-order valence-electron chi connectivity index (χ4n) is 4.39. The normalized spacial score (nSPS) is 12.4. The van der Waals surface area contributed by atoms with E-state index in [0.717, 1.165) is 31.7 Å². The molecule has 218 valence electrons. The van der Waals surface area contributed by atoms with E-state index in [0.29, 0.717) is 30.8 Å². The molecule has 0 heterocycles. The number of esters is 1. The molecule has 1 atom stereocenters. The van der Waals surface area contributed by atoms with Gasteiger partial charge in [-0.25, -0.2) is 13.6 Å². The standard InChI is InChI=1S/C31H41F5O3/c1-3-5-7-9-10-12-21-38-25-16-14-23(15-17-25)26-18-19-27(29(33)28(26)32)30(37)39-22-20-24(31(34,35)36)13-11-8-6-4-2/h14-19,24H,3-13,20-22H2,1-2H3. The number of alkyl halides is 3. The minimum Gasteiger partial charge on any atom is -0.494 e. The third-order valence-electron chi connectivity index (χ3n) is 6.80. The number of rotatable bonds is 18. The number of hydrogen-bond acceptors (Lipinski definition) is 3. The molecule has 8 heteroatoms. The van der Waals surface area contributed by atoms with E-state index in [4.69, 9.17) is 9.47 Å². The summed E-state index contributed by atoms with van der Waals surface area (Å²) in [6.45, 7) is 4.19. The van der Waals surface area contributed by atoms with E-state index < -0.39 is 48.3 Å². The molecule has 0 radical (unpaired) electrons. The highest BCUT2D eigenvalue weighted by Gasteiger charge is 2.38. The van der Waals surface area contributed by atoms with Gasteiger partial charge in [0.05, 0.1) is 24.7 Å². The first kappa shape index (κ1) is 32.6. The van der Waals surface area contributed by atoms with Gasteiger partial charge in [0.1, 0.15) is 5.75 Å². The average molecular weight is 557 g/mol. The highest BCUT2D eigenvalue weighted by atomic mass is 19.4. The molecule has 0 N–H and O–H groups in total. The Kier molecular flexibility index (Phi) is 14.3. The van der Waals surface area contributed by atoms with Crippen LogP contribution in [0.4, 0.5) is 22.0 Å². The summed E-state index contributed by atoms with van der Waals surface area (Å²) < 4.78 is 80.1. The Bertz CT molecular complexity index is 989. The zero-order valence-electron chi connectivity index (χ0n) is 23.1. The van der Waals surface area contributed by atoms with Crippen LogP contribution in [0.15, 0.2) is 36.4 Å². The topological polar surface area (TPSA) is 35.5 Å². The number of halogens is 5. The zero-order chi connectivity index (χ0) is 28.7. The monoisotopic (exact) mass is 556 g/mol. The van der Waals surface area contributed by atoms with Crippen LogP contribution >= 0.6 is 0 Å². The second kappa shape index (κ2) is 17.1. The van der Waals surface area contributed by atoms with Crippen molar-refractivity contribution in [2.45, 2.75) is 97.1 Å². The van der Waals surface area contributed by atoms with E-state index in [1.54, 1.807) is 24.3 Å². The molecule has 0 aliphatic rings. The van der Waals surface area contributed by atoms with Crippen LogP contribution in [0, 0.1) is 17.6 Å². The smallest absolute Gasteiger partial charge is 0.391 e. The van der Waals surface area contributed by atoms with E-state index >= 15 is 0 Å². The SMILES string of the molecule is CCCCCCCCOc1ccc(-c2ccc(C(=O)OCCC(CCCCCC)C(F)(F)F)c(F)c2F)cc1. The predicted molar refractivity (Wildman–Crippen MR) is 144 cm³/mol. The second-order valence-electron chi connectivity index (χ2n) is 9.94. The fraction of sp³-hybridized carbons (Fsp3) is 0.581. The largest absolute Gasteiger partial charge is 0.494 e. The Morgan fingerprint density at radius 2 is 1.36 bits per heavy atom. The maximum atomic E-state index is 14.8. The maximum absolute atomic E-state index is 14.8. The van der Waals surface area contributed by atoms with Crippen molar-refractivity contribution in [2.75, 3.05) is 13.2 Å². The van der Waals surface area contributed by atoms with Gasteiger partial charge in [0.25, 0.3) is 0 Å². The summed E-state index contributed by atoms with van der Waals surface area (Å²) in [6.07, 6.45) is 4.90. The molecule has 0 fully saturated rings. The molecule has 0 aliphatic carbocycles. The third kappa shape index (κ3) is 11.2. The maximum Gasteiger partial charge on any atom is 0.391 e. The molecule has 0 amide bonds. The molecular formula is C31H41F5O3. The summed E-state index contributed by atoms with van der Waals surface area (Å²) in [5, 5.41) is 0. The van der Waals surface area contributed by atoms with Crippen molar-refractivity contribution >= 4 is 5.97 Å². The molecule has 0 bridgehead atoms. The van der Waals surface area contributed by atoms with Crippen LogP contribution in [0.5, 0.6) is 5.75 Å². The summed E-state index contributed by atoms with van der Waals surface area (Å²) in [4.78, 5) is 12.3. The van der Waals surface area contributed by atoms with E-state index in [9.17, 15) is 26.7 Å². The molecule has 0 saturated carbocycles. The highest BCUT2D eigenvalue weighted by molar-refractivity contribution is 5.90. The molecular weight excluding hydrogens is 515 g/mol. The van der Waals surface area contributed by atoms with Crippen molar-refractivity contribution in [3.63, 3.8) is 0 Å². The number of hydrogen-bond donors (Lipinski definition) is 0. The molecule has 0 aromatic heterocycles. The first-order valence-corrected chi connectivity index (χ1v) is 14.1. The van der Waals surface area contributed by atoms with Gasteiger partial charge in [-0.2, -0.15) is 13.2 Å². The lowest BCUT2D eigenvalue weighted by atomic mass is 9.97. The van der Waals surface area contributed by atoms with Crippen LogP contribution in [-0.2, 0) is 4.74 Å². The lowest BCUT2D eigenvalue weighted by molar-refractivity contribution is -0.180. The van der Waals surface area contributed by atoms with Crippen LogP contribution in [0.1, 0.15) is 101 Å². The van der Waals surface area contributed by atoms with Gasteiger partial charge in [0, 0.05) is 5.56 Å². The second-order valence-corrected chi connectivity index (χ2v) is 9.94. The minimum atomic E-state index is -4.41. The Morgan fingerprint density at radius 1 is 0.744 bits per heavy atom. The average Bonchev–Trinajstić information content (AvgIpc) is 2.90. The molecule has 0 aliphatic heterocycles. The van der Waals surface area contributed by atoms with Crippen LogP contribution in [0.25, 0.3) is 11.1 Å². The summed E-state index contributed by atoms with van der Waals surface area (Å²) in [7, 11) is 0. The van der Waals surface area contributed by atoms with Crippen molar-refractivity contribution in [3.05, 3.63) is 53.6 Å². The van der Waals surface area contributed by atoms with Gasteiger partial charge >= 0.3 is 12.1 Å². The highest BCUT2D eigenvalue weighted by Crippen LogP contribution is 2.33. The van der Waals surface area contributed by atoms with Gasteiger partial charge in [-0.1, -0.05) is 89.8 Å². The van der Waals surface area contributed by atoms with E-state index in [1.807, 2.05) is 6.92 Å². The van der Waals surface area contributed by atoms with Crippen molar-refractivity contribution in [1.82, 2.24) is 0 Å². The quantitative estimate of drug-likeness (QED) is 0.104. The van der Waals surface area contributed by atoms with Gasteiger partial charge in [-0.3, -0.25) is 0 Å². The van der Waals surface area contributed by atoms with E-state index in [1.165, 1.54) is 31.7 Å². The Morgan fingerprint density at radius 3 is 2.00 bits per heavy atom. The molecule has 2 aromatic rings. The summed E-state index contributed by atoms with van der Waals surface area (Å²) in [5.74, 6) is -4.80. The summed E-state index contributed by atoms with van der Waals surface area (Å²) >= 11 is 0. The molecule has 0 spiro atoms. The fourth-order valence-corrected chi connectivity index (χ4v) is 4.39. The lowest BCUT2D eigenvalue weighted by Gasteiger charge is -2.20. The van der Waals surface area contributed by atoms with Crippen molar-refractivity contribution in [3.8, 4) is 16.9 Å². The molecule has 39 heavy (non-hydrogen) atoms. The number of carbonyl (C=O) groups is 1. The minimum absolute atomic E-state index is 0.0456. The van der Waals surface area contributed by atoms with Gasteiger partial charge in [0.15, 0.2) is 11.6 Å². The predicted octanol–water partition coefficient (Wildman–Crippen LogP) is 10.1. The van der Waals surface area contributed by atoms with Crippen molar-refractivity contribution in [1.29, 1.82) is 0 Å². The van der Waals surface area contributed by atoms with Gasteiger partial charge in [-0.15, -0.1) is 0 Å². The zero-order valence-corrected chi connectivity index (χ0v) is 23.1. The molecule has 0 saturated heterocycles. The summed E-state index contributed by atoms with van der Waals surface area (Å²) in [5.41, 5.74) is -0.299. The van der Waals surface area contributed by atoms with Crippen LogP contribution in [0.2, 0.25) is 0 Å². The van der Waals surface area contributed by atoms with Crippen LogP contribution in [0.3, 0.4) is 0 Å². The molecule has 3 nitrogen and oxygen atoms in total. The summed E-state index contributed by atoms with van der Waals surface area (Å²) in [6, 6.07) is 8.89. The van der Waals surface area contributed by atoms with E-state index in [-0.39, 0.29) is 12.0 Å². The van der Waals surface area contributed by atoms with Crippen molar-refractivity contribution in [2.24, 2.45) is 5.92 Å². The van der Waals surface area contributed by atoms with Gasteiger partial charge in [0.2, 0.25) is 0 Å². The number of carbonyl (C=O) groups excluding carboxylic acids is 1. The molecule has 1 unspecified atom stereocenters. The van der Waals surface area contributed by atoms with E-state index in [2.05, 4.69) is 6.92 Å². The number of unbranched alkanes of at least 4 members (excludes halogenated alkanes) is 8. The first-order valence-electron chi connectivity index (χ1n) is 14.1. The Hall–Kier alpha value is -2.64. The first-order chi connectivity index (χ1) is 18.7. The number of benzene rings is 2. The van der Waals surface area contributed by atoms with Crippen molar-refractivity contribution < 1.29 is 36.2 Å². The Labute approximate surface area is 229 Å². The molecule has 2 aromatic carbocycles. The van der Waals surface area contributed by atoms with Crippen LogP contribution < -0.4 is 4.74 Å². The number of ether oxygens (including phenoxy) is 2. The lowest BCUT2D eigenvalue weighted by Crippen LogP contribution is -2.25. The van der Waals surface area contributed by atoms with Crippen LogP contribution in [-0.4, -0.2) is 25.4 Å². The van der Waals surface area contributed by atoms with Gasteiger partial charge in [-0.05, 0) is 43.0 Å². The molecule has 2 rings (SSSR count). The Balaban J connectivity index is 1.91.